The van der Waals surface area contributed by atoms with Crippen LogP contribution in [0.1, 0.15) is 12.8 Å². The van der Waals surface area contributed by atoms with E-state index in [2.05, 4.69) is 4.90 Å². The van der Waals surface area contributed by atoms with Gasteiger partial charge in [0.25, 0.3) is 0 Å². The first-order valence-electron chi connectivity index (χ1n) is 8.13. The molecule has 23 heavy (non-hydrogen) atoms. The number of rotatable bonds is 4. The fraction of sp³-hybridized carbons (Fsp3) is 0.316. The Balaban J connectivity index is 1.71. The lowest BCUT2D eigenvalue weighted by molar-refractivity contribution is 0.239. The number of hydrogen-bond acceptors (Lipinski definition) is 4. The van der Waals surface area contributed by atoms with Gasteiger partial charge in [-0.3, -0.25) is 4.90 Å². The third-order valence-corrected chi connectivity index (χ3v) is 4.47. The first-order chi connectivity index (χ1) is 11.3. The number of nitrogens with zero attached hydrogens (tertiary/aromatic N) is 1. The maximum absolute atomic E-state index is 12.1. The van der Waals surface area contributed by atoms with Crippen molar-refractivity contribution in [3.63, 3.8) is 0 Å². The van der Waals surface area contributed by atoms with Gasteiger partial charge in [-0.05, 0) is 44.1 Å². The number of fused-ring (bicyclic) bond motifs is 3. The second-order valence-electron chi connectivity index (χ2n) is 5.96. The molecule has 0 unspecified atom stereocenters. The summed E-state index contributed by atoms with van der Waals surface area (Å²) in [6.07, 6.45) is 2.56. The minimum atomic E-state index is -0.303. The third kappa shape index (κ3) is 2.70. The van der Waals surface area contributed by atoms with Crippen LogP contribution in [-0.2, 0) is 0 Å². The van der Waals surface area contributed by atoms with Crippen LogP contribution in [0.5, 0.6) is 5.75 Å². The summed E-state index contributed by atoms with van der Waals surface area (Å²) in [5, 5.41) is 2.36. The average molecular weight is 309 g/mol. The summed E-state index contributed by atoms with van der Waals surface area (Å²) in [6.45, 7) is 3.91. The van der Waals surface area contributed by atoms with Crippen molar-refractivity contribution < 1.29 is 9.15 Å². The molecule has 0 amide bonds. The minimum absolute atomic E-state index is 0.303. The molecule has 4 rings (SSSR count). The molecule has 0 radical (unpaired) electrons. The molecule has 118 valence electrons. The largest absolute Gasteiger partial charge is 0.491 e. The topological polar surface area (TPSA) is 42.7 Å². The maximum atomic E-state index is 12.1. The predicted octanol–water partition coefficient (Wildman–Crippen LogP) is 3.42. The van der Waals surface area contributed by atoms with E-state index in [0.29, 0.717) is 17.6 Å². The molecule has 4 heteroatoms. The Hall–Kier alpha value is -2.33. The van der Waals surface area contributed by atoms with Gasteiger partial charge in [0.15, 0.2) is 0 Å². The summed E-state index contributed by atoms with van der Waals surface area (Å²) in [7, 11) is 0. The highest BCUT2D eigenvalue weighted by Gasteiger charge is 2.13. The van der Waals surface area contributed by atoms with Crippen molar-refractivity contribution in [3.8, 4) is 5.75 Å². The quantitative estimate of drug-likeness (QED) is 0.547. The zero-order valence-corrected chi connectivity index (χ0v) is 13.0. The van der Waals surface area contributed by atoms with Crippen LogP contribution in [0, 0.1) is 0 Å². The summed E-state index contributed by atoms with van der Waals surface area (Å²) in [6, 6.07) is 13.1. The zero-order chi connectivity index (χ0) is 15.6. The van der Waals surface area contributed by atoms with Crippen molar-refractivity contribution in [1.29, 1.82) is 0 Å². The molecule has 1 saturated heterocycles. The smallest absolute Gasteiger partial charge is 0.344 e. The summed E-state index contributed by atoms with van der Waals surface area (Å²) in [4.78, 5) is 14.5. The van der Waals surface area contributed by atoms with Gasteiger partial charge in [0.2, 0.25) is 0 Å². The summed E-state index contributed by atoms with van der Waals surface area (Å²) >= 11 is 0. The van der Waals surface area contributed by atoms with Gasteiger partial charge < -0.3 is 9.15 Å². The molecule has 1 aromatic heterocycles. The highest BCUT2D eigenvalue weighted by Crippen LogP contribution is 2.31. The number of benzene rings is 2. The first kappa shape index (κ1) is 14.3. The van der Waals surface area contributed by atoms with Crippen LogP contribution >= 0.6 is 0 Å². The van der Waals surface area contributed by atoms with Crippen molar-refractivity contribution in [2.75, 3.05) is 26.2 Å². The van der Waals surface area contributed by atoms with Gasteiger partial charge in [-0.25, -0.2) is 4.79 Å². The third-order valence-electron chi connectivity index (χ3n) is 4.47. The molecule has 2 aromatic carbocycles. The Bertz CT molecular complexity index is 894. The van der Waals surface area contributed by atoms with Gasteiger partial charge >= 0.3 is 5.63 Å². The molecule has 0 aliphatic carbocycles. The van der Waals surface area contributed by atoms with Crippen LogP contribution in [0.4, 0.5) is 0 Å². The molecule has 0 N–H and O–H groups in total. The fourth-order valence-corrected chi connectivity index (χ4v) is 3.31. The Kier molecular flexibility index (Phi) is 3.75. The lowest BCUT2D eigenvalue weighted by Crippen LogP contribution is -2.25. The van der Waals surface area contributed by atoms with Crippen LogP contribution < -0.4 is 10.4 Å². The SMILES string of the molecule is O=c1oc2cccc(OCCN3CCCC3)c2c2ccccc12. The lowest BCUT2D eigenvalue weighted by Gasteiger charge is -2.16. The van der Waals surface area contributed by atoms with Gasteiger partial charge in [-0.15, -0.1) is 0 Å². The second-order valence-corrected chi connectivity index (χ2v) is 5.96. The highest BCUT2D eigenvalue weighted by atomic mass is 16.5. The minimum Gasteiger partial charge on any atom is -0.491 e. The second kappa shape index (κ2) is 6.05. The van der Waals surface area contributed by atoms with Gasteiger partial charge in [0.1, 0.15) is 17.9 Å². The summed E-state index contributed by atoms with van der Waals surface area (Å²) < 4.78 is 11.5. The van der Waals surface area contributed by atoms with E-state index in [4.69, 9.17) is 9.15 Å². The van der Waals surface area contributed by atoms with Crippen LogP contribution in [0.2, 0.25) is 0 Å². The maximum Gasteiger partial charge on any atom is 0.344 e. The summed E-state index contributed by atoms with van der Waals surface area (Å²) in [5.41, 5.74) is 0.273. The molecule has 1 aliphatic heterocycles. The van der Waals surface area contributed by atoms with Crippen molar-refractivity contribution in [3.05, 3.63) is 52.9 Å². The molecular weight excluding hydrogens is 290 g/mol. The van der Waals surface area contributed by atoms with Gasteiger partial charge in [-0.1, -0.05) is 24.3 Å². The monoisotopic (exact) mass is 309 g/mol. The molecule has 0 atom stereocenters. The van der Waals surface area contributed by atoms with E-state index in [9.17, 15) is 4.79 Å². The van der Waals surface area contributed by atoms with Gasteiger partial charge in [-0.2, -0.15) is 0 Å². The van der Waals surface area contributed by atoms with Crippen LogP contribution in [-0.4, -0.2) is 31.1 Å². The molecule has 0 saturated carbocycles. The van der Waals surface area contributed by atoms with Crippen molar-refractivity contribution in [2.24, 2.45) is 0 Å². The Labute approximate surface area is 134 Å². The standard InChI is InChI=1S/C19H19NO3/c21-19-15-7-2-1-6-14(15)18-16(8-5-9-17(18)23-19)22-13-12-20-10-3-4-11-20/h1-2,5-9H,3-4,10-13H2. The van der Waals surface area contributed by atoms with E-state index < -0.39 is 0 Å². The molecule has 0 bridgehead atoms. The van der Waals surface area contributed by atoms with E-state index in [-0.39, 0.29) is 5.63 Å². The average Bonchev–Trinajstić information content (AvgIpc) is 3.08. The van der Waals surface area contributed by atoms with E-state index in [1.54, 1.807) is 6.07 Å². The number of likely N-dealkylation sites (tertiary alicyclic amines) is 1. The molecule has 1 fully saturated rings. The van der Waals surface area contributed by atoms with E-state index in [1.807, 2.05) is 36.4 Å². The molecular formula is C19H19NO3. The van der Waals surface area contributed by atoms with E-state index in [1.165, 1.54) is 12.8 Å². The van der Waals surface area contributed by atoms with Gasteiger partial charge in [0.05, 0.1) is 10.8 Å². The number of hydrogen-bond donors (Lipinski definition) is 0. The predicted molar refractivity (Wildman–Crippen MR) is 91.2 cm³/mol. The zero-order valence-electron chi connectivity index (χ0n) is 13.0. The fourth-order valence-electron chi connectivity index (χ4n) is 3.31. The van der Waals surface area contributed by atoms with E-state index in [0.717, 1.165) is 36.2 Å². The molecule has 2 heterocycles. The lowest BCUT2D eigenvalue weighted by atomic mass is 10.1. The van der Waals surface area contributed by atoms with Crippen molar-refractivity contribution >= 4 is 21.7 Å². The van der Waals surface area contributed by atoms with Gasteiger partial charge in [0, 0.05) is 11.9 Å². The van der Waals surface area contributed by atoms with Crippen molar-refractivity contribution in [1.82, 2.24) is 4.90 Å². The van der Waals surface area contributed by atoms with E-state index >= 15 is 0 Å². The van der Waals surface area contributed by atoms with Crippen LogP contribution in [0.3, 0.4) is 0 Å². The van der Waals surface area contributed by atoms with Crippen molar-refractivity contribution in [2.45, 2.75) is 12.8 Å². The Morgan fingerprint density at radius 1 is 1.00 bits per heavy atom. The normalized spacial score (nSPS) is 15.5. The first-order valence-corrected chi connectivity index (χ1v) is 8.13. The molecule has 1 aliphatic rings. The summed E-state index contributed by atoms with van der Waals surface area (Å²) in [5.74, 6) is 0.779. The Morgan fingerprint density at radius 3 is 2.61 bits per heavy atom. The number of ether oxygens (including phenoxy) is 1. The van der Waals surface area contributed by atoms with Crippen LogP contribution in [0.25, 0.3) is 21.7 Å². The van der Waals surface area contributed by atoms with Crippen LogP contribution in [0.15, 0.2) is 51.7 Å². The molecule has 3 aromatic rings. The molecule has 0 spiro atoms. The molecule has 4 nitrogen and oxygen atoms in total. The highest BCUT2D eigenvalue weighted by molar-refractivity contribution is 6.07. The Morgan fingerprint density at radius 2 is 1.78 bits per heavy atom.